The van der Waals surface area contributed by atoms with E-state index < -0.39 is 47.0 Å². The molecule has 4 fully saturated rings. The zero-order valence-electron chi connectivity index (χ0n) is 42.6. The molecule has 2 aromatic carbocycles. The Labute approximate surface area is 441 Å². The summed E-state index contributed by atoms with van der Waals surface area (Å²) in [6.45, 7) is 15.0. The summed E-state index contributed by atoms with van der Waals surface area (Å²) in [6, 6.07) is 9.38. The average Bonchev–Trinajstić information content (AvgIpc) is 3.78. The molecule has 2 aromatic heterocycles. The summed E-state index contributed by atoms with van der Waals surface area (Å²) in [7, 11) is 0. The van der Waals surface area contributed by atoms with Crippen molar-refractivity contribution in [2.75, 3.05) is 62.6 Å². The SMILES string of the molecule is Cc1ncsc1-c1ccc(CNC(=O)[C@@H]2C[C@@H](O)CN2C(=O)[C@@H](NC(=O)C2(F)CC2)C(C)(C)C)c(OCCCN2CCC(CC(=O)Nc3cccc(Sc4cnc(N5CCC(C)(CN)CC5)cn4)c3Cl)CC2)c1. The summed E-state index contributed by atoms with van der Waals surface area (Å²) >= 11 is 9.79. The fourth-order valence-electron chi connectivity index (χ4n) is 9.72. The van der Waals surface area contributed by atoms with Crippen molar-refractivity contribution in [1.29, 1.82) is 0 Å². The number of hydrogen-bond donors (Lipinski definition) is 5. The minimum Gasteiger partial charge on any atom is -0.493 e. The first-order valence-corrected chi connectivity index (χ1v) is 27.6. The smallest absolute Gasteiger partial charge is 0.258 e. The lowest BCUT2D eigenvalue weighted by atomic mass is 9.80. The number of aromatic nitrogens is 3. The first-order chi connectivity index (χ1) is 34.8. The third-order valence-electron chi connectivity index (χ3n) is 14.8. The molecule has 16 nitrogen and oxygen atoms in total. The maximum Gasteiger partial charge on any atom is 0.258 e. The van der Waals surface area contributed by atoms with E-state index in [2.05, 4.69) is 47.6 Å². The van der Waals surface area contributed by atoms with E-state index in [1.807, 2.05) is 49.5 Å². The van der Waals surface area contributed by atoms with E-state index in [1.54, 1.807) is 32.5 Å². The van der Waals surface area contributed by atoms with E-state index in [0.29, 0.717) is 41.1 Å². The zero-order chi connectivity index (χ0) is 52.1. The Morgan fingerprint density at radius 3 is 2.45 bits per heavy atom. The number of nitrogens with zero attached hydrogens (tertiary/aromatic N) is 6. The van der Waals surface area contributed by atoms with Crippen LogP contribution in [0, 0.1) is 23.7 Å². The van der Waals surface area contributed by atoms with E-state index in [4.69, 9.17) is 22.1 Å². The number of carbonyl (C=O) groups is 4. The lowest BCUT2D eigenvalue weighted by molar-refractivity contribution is -0.145. The number of aliphatic hydroxyl groups excluding tert-OH is 1. The maximum absolute atomic E-state index is 14.7. The average molecular weight is 1060 g/mol. The van der Waals surface area contributed by atoms with Crippen molar-refractivity contribution in [3.05, 3.63) is 70.6 Å². The number of amides is 4. The van der Waals surface area contributed by atoms with Gasteiger partial charge in [-0.1, -0.05) is 69.3 Å². The van der Waals surface area contributed by atoms with Gasteiger partial charge in [0, 0.05) is 56.0 Å². The second-order valence-corrected chi connectivity index (χ2v) is 23.9. The molecular formula is C53H70ClFN10O6S2. The third-order valence-corrected chi connectivity index (χ3v) is 17.3. The van der Waals surface area contributed by atoms with Crippen LogP contribution in [0.5, 0.6) is 5.75 Å². The Morgan fingerprint density at radius 2 is 1.79 bits per heavy atom. The van der Waals surface area contributed by atoms with Gasteiger partial charge in [-0.15, -0.1) is 11.3 Å². The predicted octanol–water partition coefficient (Wildman–Crippen LogP) is 7.40. The number of piperidine rings is 2. The molecule has 1 saturated carbocycles. The molecule has 3 aliphatic heterocycles. The predicted molar refractivity (Wildman–Crippen MR) is 283 cm³/mol. The summed E-state index contributed by atoms with van der Waals surface area (Å²) in [5, 5.41) is 20.5. The van der Waals surface area contributed by atoms with Crippen molar-refractivity contribution in [2.45, 2.75) is 133 Å². The number of nitrogens with one attached hydrogen (secondary N) is 3. The number of anilines is 2. The molecule has 5 heterocycles. The van der Waals surface area contributed by atoms with Crippen molar-refractivity contribution in [2.24, 2.45) is 22.5 Å². The standard InChI is InChI=1S/C53H70ClFN10O6S2/c1-33-46(72-32-60-33)35-10-11-36(27-59-48(68)39-26-37(66)30-65(39)49(69)47(51(2,3)4)62-50(70)53(55)14-15-53)40(25-35)71-23-7-18-63-19-12-34(13-20-63)24-43(67)61-38-8-6-9-41(45(38)54)73-44-29-57-42(28-58-44)64-21-16-52(5,31-56)17-22-64/h6,8-11,25,28-29,32,34,37,39,47,66H,7,12-24,26-27,30-31,56H2,1-5H3,(H,59,68)(H,61,67)(H,62,70)/t37-,39+,47-/m1/s1. The van der Waals surface area contributed by atoms with Crippen molar-refractivity contribution in [3.8, 4) is 16.2 Å². The Balaban J connectivity index is 0.800. The molecule has 1 aliphatic carbocycles. The monoisotopic (exact) mass is 1060 g/mol. The molecule has 0 unspecified atom stereocenters. The van der Waals surface area contributed by atoms with Crippen LogP contribution >= 0.6 is 34.7 Å². The van der Waals surface area contributed by atoms with E-state index in [0.717, 1.165) is 97.2 Å². The van der Waals surface area contributed by atoms with Gasteiger partial charge in [-0.05, 0) is 112 Å². The molecule has 0 bridgehead atoms. The quantitative estimate of drug-likeness (QED) is 0.0581. The Kier molecular flexibility index (Phi) is 17.4. The van der Waals surface area contributed by atoms with Crippen LogP contribution in [0.2, 0.25) is 5.02 Å². The highest BCUT2D eigenvalue weighted by Crippen LogP contribution is 2.41. The Morgan fingerprint density at radius 1 is 1.04 bits per heavy atom. The van der Waals surface area contributed by atoms with Gasteiger partial charge in [-0.2, -0.15) is 0 Å². The number of ether oxygens (including phenoxy) is 1. The summed E-state index contributed by atoms with van der Waals surface area (Å²) < 4.78 is 21.1. The normalized spacial score (nSPS) is 20.3. The van der Waals surface area contributed by atoms with Gasteiger partial charge >= 0.3 is 0 Å². The van der Waals surface area contributed by atoms with Crippen molar-refractivity contribution < 1.29 is 33.4 Å². The topological polar surface area (TPSA) is 208 Å². The molecule has 8 rings (SSSR count). The second-order valence-electron chi connectivity index (χ2n) is 21.6. The summed E-state index contributed by atoms with van der Waals surface area (Å²) in [5.41, 5.74) is 8.36. The first kappa shape index (κ1) is 54.3. The van der Waals surface area contributed by atoms with Gasteiger partial charge in [-0.3, -0.25) is 19.2 Å². The number of aliphatic hydroxyl groups is 1. The van der Waals surface area contributed by atoms with Crippen LogP contribution in [0.15, 0.2) is 64.2 Å². The second kappa shape index (κ2) is 23.3. The van der Waals surface area contributed by atoms with Gasteiger partial charge in [0.2, 0.25) is 17.7 Å². The molecule has 394 valence electrons. The molecule has 4 aliphatic rings. The molecule has 4 aromatic rings. The van der Waals surface area contributed by atoms with E-state index in [-0.39, 0.29) is 49.6 Å². The zero-order valence-corrected chi connectivity index (χ0v) is 44.9. The largest absolute Gasteiger partial charge is 0.493 e. The number of nitrogens with two attached hydrogens (primary N) is 1. The number of likely N-dealkylation sites (tertiary alicyclic amines) is 2. The van der Waals surface area contributed by atoms with Crippen LogP contribution in [-0.4, -0.2) is 130 Å². The van der Waals surface area contributed by atoms with E-state index >= 15 is 0 Å². The molecule has 3 atom stereocenters. The van der Waals surface area contributed by atoms with Crippen LogP contribution in [0.4, 0.5) is 15.9 Å². The van der Waals surface area contributed by atoms with Crippen LogP contribution in [0.1, 0.15) is 96.7 Å². The maximum atomic E-state index is 14.7. The molecular weight excluding hydrogens is 991 g/mol. The lowest BCUT2D eigenvalue weighted by Crippen LogP contribution is -2.59. The number of thiazole rings is 1. The van der Waals surface area contributed by atoms with E-state index in [1.165, 1.54) is 28.0 Å². The van der Waals surface area contributed by atoms with Gasteiger partial charge < -0.3 is 46.2 Å². The van der Waals surface area contributed by atoms with Crippen LogP contribution in [-0.2, 0) is 25.7 Å². The van der Waals surface area contributed by atoms with Gasteiger partial charge in [0.05, 0.1) is 51.9 Å². The number of hydrogen-bond acceptors (Lipinski definition) is 14. The lowest BCUT2D eigenvalue weighted by Gasteiger charge is -2.39. The number of rotatable bonds is 19. The number of alkyl halides is 1. The molecule has 4 amide bonds. The highest BCUT2D eigenvalue weighted by atomic mass is 35.5. The third kappa shape index (κ3) is 13.7. The fourth-order valence-corrected chi connectivity index (χ4v) is 11.6. The first-order valence-electron chi connectivity index (χ1n) is 25.5. The molecule has 0 spiro atoms. The van der Waals surface area contributed by atoms with Gasteiger partial charge in [0.15, 0.2) is 5.67 Å². The van der Waals surface area contributed by atoms with Crippen LogP contribution in [0.25, 0.3) is 10.4 Å². The van der Waals surface area contributed by atoms with Gasteiger partial charge in [-0.25, -0.2) is 19.3 Å². The summed E-state index contributed by atoms with van der Waals surface area (Å²) in [4.78, 5) is 75.4. The molecule has 20 heteroatoms. The van der Waals surface area contributed by atoms with E-state index in [9.17, 15) is 28.7 Å². The Hall–Kier alpha value is -4.92. The molecule has 3 saturated heterocycles. The number of aryl methyl sites for hydroxylation is 1. The Bertz CT molecular complexity index is 2600. The number of benzene rings is 2. The van der Waals surface area contributed by atoms with Crippen molar-refractivity contribution in [3.63, 3.8) is 0 Å². The molecule has 73 heavy (non-hydrogen) atoms. The number of carbonyl (C=O) groups excluding carboxylic acids is 4. The summed E-state index contributed by atoms with van der Waals surface area (Å²) in [6.07, 6.45) is 7.85. The number of halogens is 2. The van der Waals surface area contributed by atoms with Crippen LogP contribution < -0.4 is 31.3 Å². The van der Waals surface area contributed by atoms with Gasteiger partial charge in [0.25, 0.3) is 5.91 Å². The van der Waals surface area contributed by atoms with Gasteiger partial charge in [0.1, 0.15) is 28.7 Å². The molecule has 6 N–H and O–H groups in total. The fraction of sp³-hybridized carbons (Fsp3) is 0.566. The minimum atomic E-state index is -1.97. The summed E-state index contributed by atoms with van der Waals surface area (Å²) in [5.74, 6) is -0.178. The highest BCUT2D eigenvalue weighted by molar-refractivity contribution is 7.99. The number of β-amino-alcohol motifs (C(OH)–C–C–N with tert-alkyl or cyclic N) is 1. The highest BCUT2D eigenvalue weighted by Gasteiger charge is 2.53. The van der Waals surface area contributed by atoms with Crippen LogP contribution in [0.3, 0.4) is 0 Å². The molecule has 0 radical (unpaired) electrons. The minimum absolute atomic E-state index is 0.0266. The van der Waals surface area contributed by atoms with Crippen molar-refractivity contribution >= 4 is 69.8 Å². The van der Waals surface area contributed by atoms with Crippen molar-refractivity contribution in [1.82, 2.24) is 35.4 Å².